The van der Waals surface area contributed by atoms with Crippen LogP contribution in [0.2, 0.25) is 5.02 Å². The van der Waals surface area contributed by atoms with E-state index in [2.05, 4.69) is 5.32 Å². The summed E-state index contributed by atoms with van der Waals surface area (Å²) in [4.78, 5) is 23.9. The average Bonchev–Trinajstić information content (AvgIpc) is 2.67. The molecule has 2 aromatic rings. The molecule has 156 valence electrons. The van der Waals surface area contributed by atoms with Gasteiger partial charge >= 0.3 is 5.97 Å². The topological polar surface area (TPSA) is 84.9 Å². The molecule has 7 heteroatoms. The molecule has 0 bridgehead atoms. The number of nitrogens with one attached hydrogen (secondary N) is 1. The van der Waals surface area contributed by atoms with Crippen molar-refractivity contribution in [1.29, 1.82) is 0 Å². The number of aliphatic carboxylic acids is 1. The van der Waals surface area contributed by atoms with Gasteiger partial charge in [0.25, 0.3) is 5.91 Å². The van der Waals surface area contributed by atoms with Crippen LogP contribution >= 0.6 is 11.6 Å². The SMILES string of the molecule is COc1ccc(Cl)cc1C(=O)NC(C)C(C)c1ccc(OC(C)(C)C(=O)O)cc1. The summed E-state index contributed by atoms with van der Waals surface area (Å²) in [6.45, 7) is 6.90. The van der Waals surface area contributed by atoms with E-state index in [-0.39, 0.29) is 17.9 Å². The van der Waals surface area contributed by atoms with Gasteiger partial charge in [0.1, 0.15) is 11.5 Å². The number of halogens is 1. The van der Waals surface area contributed by atoms with Crippen molar-refractivity contribution in [2.24, 2.45) is 0 Å². The molecule has 0 saturated heterocycles. The second-order valence-corrected chi connectivity index (χ2v) is 7.82. The molecule has 0 aliphatic heterocycles. The smallest absolute Gasteiger partial charge is 0.347 e. The number of ether oxygens (including phenoxy) is 2. The first-order valence-electron chi connectivity index (χ1n) is 9.22. The van der Waals surface area contributed by atoms with Crippen LogP contribution in [0, 0.1) is 0 Å². The standard InChI is InChI=1S/C22H26ClNO5/c1-13(15-6-9-17(10-7-15)29-22(3,4)21(26)27)14(2)24-20(25)18-12-16(23)8-11-19(18)28-5/h6-14H,1-5H3,(H,24,25)(H,26,27). The van der Waals surface area contributed by atoms with Crippen LogP contribution in [0.15, 0.2) is 42.5 Å². The van der Waals surface area contributed by atoms with Gasteiger partial charge in [0, 0.05) is 17.0 Å². The van der Waals surface area contributed by atoms with Gasteiger partial charge in [0.15, 0.2) is 5.60 Å². The van der Waals surface area contributed by atoms with E-state index in [1.54, 1.807) is 30.3 Å². The van der Waals surface area contributed by atoms with Crippen molar-refractivity contribution in [3.05, 3.63) is 58.6 Å². The van der Waals surface area contributed by atoms with Gasteiger partial charge in [-0.05, 0) is 56.7 Å². The lowest BCUT2D eigenvalue weighted by atomic mass is 9.94. The summed E-state index contributed by atoms with van der Waals surface area (Å²) < 4.78 is 10.8. The predicted molar refractivity (Wildman–Crippen MR) is 112 cm³/mol. The van der Waals surface area contributed by atoms with E-state index in [0.29, 0.717) is 22.1 Å². The third kappa shape index (κ3) is 5.64. The molecule has 2 unspecified atom stereocenters. The van der Waals surface area contributed by atoms with Crippen LogP contribution in [0.3, 0.4) is 0 Å². The highest BCUT2D eigenvalue weighted by Gasteiger charge is 2.29. The van der Waals surface area contributed by atoms with Crippen molar-refractivity contribution in [3.63, 3.8) is 0 Å². The Morgan fingerprint density at radius 1 is 1.10 bits per heavy atom. The molecule has 0 aliphatic carbocycles. The number of carbonyl (C=O) groups excluding carboxylic acids is 1. The van der Waals surface area contributed by atoms with E-state index in [1.165, 1.54) is 21.0 Å². The number of methoxy groups -OCH3 is 1. The number of carbonyl (C=O) groups is 2. The molecule has 0 spiro atoms. The molecule has 2 rings (SSSR count). The molecule has 0 aliphatic rings. The van der Waals surface area contributed by atoms with E-state index in [9.17, 15) is 9.59 Å². The molecular formula is C22H26ClNO5. The van der Waals surface area contributed by atoms with Crippen LogP contribution in [-0.2, 0) is 4.79 Å². The van der Waals surface area contributed by atoms with Crippen LogP contribution in [0.1, 0.15) is 49.5 Å². The van der Waals surface area contributed by atoms with Crippen LogP contribution in [0.25, 0.3) is 0 Å². The van der Waals surface area contributed by atoms with Crippen molar-refractivity contribution in [1.82, 2.24) is 5.32 Å². The van der Waals surface area contributed by atoms with E-state index in [1.807, 2.05) is 26.0 Å². The molecule has 0 saturated carbocycles. The van der Waals surface area contributed by atoms with Gasteiger partial charge in [-0.3, -0.25) is 4.79 Å². The monoisotopic (exact) mass is 419 g/mol. The molecule has 1 amide bonds. The van der Waals surface area contributed by atoms with Gasteiger partial charge in [-0.25, -0.2) is 4.79 Å². The summed E-state index contributed by atoms with van der Waals surface area (Å²) in [5.74, 6) is -0.386. The van der Waals surface area contributed by atoms with Crippen molar-refractivity contribution in [3.8, 4) is 11.5 Å². The lowest BCUT2D eigenvalue weighted by molar-refractivity contribution is -0.152. The zero-order chi connectivity index (χ0) is 21.8. The van der Waals surface area contributed by atoms with E-state index in [4.69, 9.17) is 26.2 Å². The second kappa shape index (κ2) is 9.18. The molecule has 0 fully saturated rings. The Kier molecular flexibility index (Phi) is 7.14. The van der Waals surface area contributed by atoms with Crippen molar-refractivity contribution >= 4 is 23.5 Å². The first-order valence-corrected chi connectivity index (χ1v) is 9.59. The molecule has 2 atom stereocenters. The van der Waals surface area contributed by atoms with Crippen molar-refractivity contribution in [2.45, 2.75) is 45.3 Å². The molecule has 29 heavy (non-hydrogen) atoms. The highest BCUT2D eigenvalue weighted by molar-refractivity contribution is 6.31. The zero-order valence-electron chi connectivity index (χ0n) is 17.2. The largest absolute Gasteiger partial charge is 0.496 e. The molecular weight excluding hydrogens is 394 g/mol. The Labute approximate surface area is 175 Å². The summed E-state index contributed by atoms with van der Waals surface area (Å²) in [5, 5.41) is 12.6. The highest BCUT2D eigenvalue weighted by Crippen LogP contribution is 2.26. The summed E-state index contributed by atoms with van der Waals surface area (Å²) in [6.07, 6.45) is 0. The highest BCUT2D eigenvalue weighted by atomic mass is 35.5. The van der Waals surface area contributed by atoms with Gasteiger partial charge in [-0.2, -0.15) is 0 Å². The van der Waals surface area contributed by atoms with Gasteiger partial charge < -0.3 is 19.9 Å². The molecule has 0 aromatic heterocycles. The number of rotatable bonds is 8. The first-order chi connectivity index (χ1) is 13.5. The van der Waals surface area contributed by atoms with Crippen molar-refractivity contribution < 1.29 is 24.2 Å². The van der Waals surface area contributed by atoms with Crippen LogP contribution in [0.4, 0.5) is 0 Å². The van der Waals surface area contributed by atoms with E-state index >= 15 is 0 Å². The quantitative estimate of drug-likeness (QED) is 0.657. The molecule has 2 aromatic carbocycles. The van der Waals surface area contributed by atoms with Crippen LogP contribution < -0.4 is 14.8 Å². The Bertz CT molecular complexity index is 879. The fourth-order valence-electron chi connectivity index (χ4n) is 2.73. The Balaban J connectivity index is 2.08. The van der Waals surface area contributed by atoms with Gasteiger partial charge in [-0.1, -0.05) is 30.7 Å². The maximum absolute atomic E-state index is 12.7. The summed E-state index contributed by atoms with van der Waals surface area (Å²) in [7, 11) is 1.50. The Morgan fingerprint density at radius 2 is 1.72 bits per heavy atom. The Hall–Kier alpha value is -2.73. The third-order valence-electron chi connectivity index (χ3n) is 4.81. The number of carboxylic acids is 1. The van der Waals surface area contributed by atoms with Gasteiger partial charge in [-0.15, -0.1) is 0 Å². The summed E-state index contributed by atoms with van der Waals surface area (Å²) in [5.41, 5.74) is 0.0415. The van der Waals surface area contributed by atoms with Crippen LogP contribution in [-0.4, -0.2) is 35.7 Å². The van der Waals surface area contributed by atoms with Crippen LogP contribution in [0.5, 0.6) is 11.5 Å². The number of amides is 1. The zero-order valence-corrected chi connectivity index (χ0v) is 17.9. The minimum atomic E-state index is -1.32. The third-order valence-corrected chi connectivity index (χ3v) is 5.04. The van der Waals surface area contributed by atoms with Crippen molar-refractivity contribution in [2.75, 3.05) is 7.11 Å². The van der Waals surface area contributed by atoms with Gasteiger partial charge in [0.05, 0.1) is 12.7 Å². The molecule has 0 radical (unpaired) electrons. The molecule has 6 nitrogen and oxygen atoms in total. The maximum atomic E-state index is 12.7. The average molecular weight is 420 g/mol. The van der Waals surface area contributed by atoms with E-state index < -0.39 is 11.6 Å². The number of hydrogen-bond donors (Lipinski definition) is 2. The molecule has 2 N–H and O–H groups in total. The minimum absolute atomic E-state index is 0.00524. The second-order valence-electron chi connectivity index (χ2n) is 7.38. The lowest BCUT2D eigenvalue weighted by Crippen LogP contribution is -2.38. The van der Waals surface area contributed by atoms with E-state index in [0.717, 1.165) is 5.56 Å². The minimum Gasteiger partial charge on any atom is -0.496 e. The maximum Gasteiger partial charge on any atom is 0.347 e. The number of hydrogen-bond acceptors (Lipinski definition) is 4. The first kappa shape index (κ1) is 22.6. The fourth-order valence-corrected chi connectivity index (χ4v) is 2.91. The number of benzene rings is 2. The number of carboxylic acid groups (broad SMARTS) is 1. The summed E-state index contributed by atoms with van der Waals surface area (Å²) in [6, 6.07) is 11.9. The predicted octanol–water partition coefficient (Wildman–Crippen LogP) is 4.51. The normalized spacial score (nSPS) is 13.3. The lowest BCUT2D eigenvalue weighted by Gasteiger charge is -2.24. The molecule has 0 heterocycles. The van der Waals surface area contributed by atoms with Gasteiger partial charge in [0.2, 0.25) is 0 Å². The summed E-state index contributed by atoms with van der Waals surface area (Å²) >= 11 is 6.01. The Morgan fingerprint density at radius 3 is 2.28 bits per heavy atom. The fraction of sp³-hybridized carbons (Fsp3) is 0.364.